The molecule has 0 bridgehead atoms. The minimum atomic E-state index is -0.635. The van der Waals surface area contributed by atoms with Crippen LogP contribution in [0.15, 0.2) is 36.4 Å². The van der Waals surface area contributed by atoms with E-state index in [1.165, 1.54) is 5.56 Å². The average Bonchev–Trinajstić information content (AvgIpc) is 3.11. The fourth-order valence-corrected chi connectivity index (χ4v) is 3.59. The molecule has 2 aromatic rings. The second-order valence-corrected chi connectivity index (χ2v) is 7.32. The lowest BCUT2D eigenvalue weighted by Crippen LogP contribution is -2.37. The van der Waals surface area contributed by atoms with Gasteiger partial charge in [0.1, 0.15) is 17.4 Å². The standard InChI is InChI=1S/C23H28N2O4/c1-15-5-6-18(13-16(15)2)25-12-10-20(23(25)27)22(26)24-11-9-17-14-19(28-3)7-8-21(17)29-4/h5-8,13-14,20H,9-12H2,1-4H3,(H,24,26). The number of ether oxygens (including phenoxy) is 2. The van der Waals surface area contributed by atoms with Crippen molar-refractivity contribution in [3.8, 4) is 11.5 Å². The third-order valence-corrected chi connectivity index (χ3v) is 5.51. The van der Waals surface area contributed by atoms with Crippen molar-refractivity contribution in [1.82, 2.24) is 5.32 Å². The summed E-state index contributed by atoms with van der Waals surface area (Å²) in [5.41, 5.74) is 4.12. The number of hydrogen-bond acceptors (Lipinski definition) is 4. The summed E-state index contributed by atoms with van der Waals surface area (Å²) >= 11 is 0. The Labute approximate surface area is 171 Å². The molecule has 3 rings (SSSR count). The maximum Gasteiger partial charge on any atom is 0.239 e. The largest absolute Gasteiger partial charge is 0.497 e. The molecule has 1 atom stereocenters. The third-order valence-electron chi connectivity index (χ3n) is 5.51. The normalized spacial score (nSPS) is 16.1. The first-order valence-electron chi connectivity index (χ1n) is 9.82. The number of anilines is 1. The summed E-state index contributed by atoms with van der Waals surface area (Å²) in [4.78, 5) is 27.1. The molecule has 29 heavy (non-hydrogen) atoms. The Morgan fingerprint density at radius 2 is 1.90 bits per heavy atom. The van der Waals surface area contributed by atoms with Crippen LogP contribution in [0, 0.1) is 19.8 Å². The summed E-state index contributed by atoms with van der Waals surface area (Å²) < 4.78 is 10.6. The molecule has 0 aliphatic carbocycles. The molecular formula is C23H28N2O4. The lowest BCUT2D eigenvalue weighted by Gasteiger charge is -2.18. The predicted molar refractivity (Wildman–Crippen MR) is 113 cm³/mol. The Hall–Kier alpha value is -3.02. The summed E-state index contributed by atoms with van der Waals surface area (Å²) in [5.74, 6) is 0.497. The van der Waals surface area contributed by atoms with Gasteiger partial charge in [-0.1, -0.05) is 6.07 Å². The highest BCUT2D eigenvalue weighted by Crippen LogP contribution is 2.27. The zero-order chi connectivity index (χ0) is 21.0. The summed E-state index contributed by atoms with van der Waals surface area (Å²) in [5, 5.41) is 2.90. The maximum absolute atomic E-state index is 12.8. The second kappa shape index (κ2) is 8.99. The molecule has 0 aromatic heterocycles. The molecule has 1 unspecified atom stereocenters. The maximum atomic E-state index is 12.8. The molecule has 1 saturated heterocycles. The van der Waals surface area contributed by atoms with Gasteiger partial charge in [-0.15, -0.1) is 0 Å². The second-order valence-electron chi connectivity index (χ2n) is 7.32. The van der Waals surface area contributed by atoms with Crippen molar-refractivity contribution < 1.29 is 19.1 Å². The first-order chi connectivity index (χ1) is 13.9. The summed E-state index contributed by atoms with van der Waals surface area (Å²) in [6, 6.07) is 11.5. The molecule has 2 aromatic carbocycles. The highest BCUT2D eigenvalue weighted by Gasteiger charge is 2.37. The van der Waals surface area contributed by atoms with Crippen LogP contribution in [-0.4, -0.2) is 39.1 Å². The van der Waals surface area contributed by atoms with Gasteiger partial charge in [0.05, 0.1) is 14.2 Å². The van der Waals surface area contributed by atoms with Crippen molar-refractivity contribution in [3.05, 3.63) is 53.1 Å². The molecule has 6 nitrogen and oxygen atoms in total. The van der Waals surface area contributed by atoms with Crippen molar-refractivity contribution >= 4 is 17.5 Å². The molecule has 1 heterocycles. The van der Waals surface area contributed by atoms with E-state index >= 15 is 0 Å². The molecule has 1 N–H and O–H groups in total. The van der Waals surface area contributed by atoms with E-state index in [1.54, 1.807) is 19.1 Å². The van der Waals surface area contributed by atoms with Gasteiger partial charge in [-0.25, -0.2) is 0 Å². The van der Waals surface area contributed by atoms with Crippen LogP contribution in [0.4, 0.5) is 5.69 Å². The lowest BCUT2D eigenvalue weighted by atomic mass is 10.1. The Kier molecular flexibility index (Phi) is 6.42. The topological polar surface area (TPSA) is 67.9 Å². The quantitative estimate of drug-likeness (QED) is 0.731. The molecule has 6 heteroatoms. The SMILES string of the molecule is COc1ccc(OC)c(CCNC(=O)C2CCN(c3ccc(C)c(C)c3)C2=O)c1. The monoisotopic (exact) mass is 396 g/mol. The molecule has 0 spiro atoms. The summed E-state index contributed by atoms with van der Waals surface area (Å²) in [6.45, 7) is 5.05. The molecular weight excluding hydrogens is 368 g/mol. The van der Waals surface area contributed by atoms with Crippen LogP contribution in [0.2, 0.25) is 0 Å². The van der Waals surface area contributed by atoms with Crippen LogP contribution in [-0.2, 0) is 16.0 Å². The lowest BCUT2D eigenvalue weighted by molar-refractivity contribution is -0.132. The van der Waals surface area contributed by atoms with E-state index in [9.17, 15) is 9.59 Å². The van der Waals surface area contributed by atoms with Gasteiger partial charge in [0.2, 0.25) is 11.8 Å². The van der Waals surface area contributed by atoms with Crippen LogP contribution in [0.1, 0.15) is 23.1 Å². The van der Waals surface area contributed by atoms with Gasteiger partial charge in [0.15, 0.2) is 0 Å². The zero-order valence-electron chi connectivity index (χ0n) is 17.5. The van der Waals surface area contributed by atoms with Gasteiger partial charge in [0, 0.05) is 18.8 Å². The number of nitrogens with zero attached hydrogens (tertiary/aromatic N) is 1. The van der Waals surface area contributed by atoms with E-state index in [-0.39, 0.29) is 11.8 Å². The van der Waals surface area contributed by atoms with Gasteiger partial charge in [0.25, 0.3) is 0 Å². The Bertz CT molecular complexity index is 910. The Balaban J connectivity index is 1.59. The van der Waals surface area contributed by atoms with E-state index in [0.29, 0.717) is 25.9 Å². The minimum Gasteiger partial charge on any atom is -0.497 e. The highest BCUT2D eigenvalue weighted by atomic mass is 16.5. The van der Waals surface area contributed by atoms with Crippen LogP contribution >= 0.6 is 0 Å². The van der Waals surface area contributed by atoms with Crippen LogP contribution in [0.3, 0.4) is 0 Å². The third kappa shape index (κ3) is 4.53. The number of carbonyl (C=O) groups is 2. The fraction of sp³-hybridized carbons (Fsp3) is 0.391. The van der Waals surface area contributed by atoms with Crippen LogP contribution < -0.4 is 19.7 Å². The van der Waals surface area contributed by atoms with Gasteiger partial charge in [-0.05, 0) is 73.7 Å². The molecule has 154 valence electrons. The van der Waals surface area contributed by atoms with Gasteiger partial charge in [-0.3, -0.25) is 9.59 Å². The van der Waals surface area contributed by atoms with E-state index in [2.05, 4.69) is 5.32 Å². The fourth-order valence-electron chi connectivity index (χ4n) is 3.59. The van der Waals surface area contributed by atoms with E-state index < -0.39 is 5.92 Å². The molecule has 1 aliphatic heterocycles. The molecule has 2 amide bonds. The Morgan fingerprint density at radius 3 is 2.59 bits per heavy atom. The summed E-state index contributed by atoms with van der Waals surface area (Å²) in [7, 11) is 3.23. The van der Waals surface area contributed by atoms with E-state index in [0.717, 1.165) is 28.3 Å². The molecule has 0 saturated carbocycles. The summed E-state index contributed by atoms with van der Waals surface area (Å²) in [6.07, 6.45) is 1.12. The van der Waals surface area contributed by atoms with Crippen molar-refractivity contribution in [1.29, 1.82) is 0 Å². The molecule has 1 fully saturated rings. The first-order valence-corrected chi connectivity index (χ1v) is 9.82. The number of carbonyl (C=O) groups excluding carboxylic acids is 2. The smallest absolute Gasteiger partial charge is 0.239 e. The number of rotatable bonds is 7. The van der Waals surface area contributed by atoms with Crippen LogP contribution in [0.25, 0.3) is 0 Å². The van der Waals surface area contributed by atoms with Crippen molar-refractivity contribution in [2.45, 2.75) is 26.7 Å². The van der Waals surface area contributed by atoms with Gasteiger partial charge >= 0.3 is 0 Å². The van der Waals surface area contributed by atoms with E-state index in [4.69, 9.17) is 9.47 Å². The molecule has 0 radical (unpaired) electrons. The highest BCUT2D eigenvalue weighted by molar-refractivity contribution is 6.09. The number of hydrogen-bond donors (Lipinski definition) is 1. The van der Waals surface area contributed by atoms with E-state index in [1.807, 2.05) is 50.2 Å². The number of aryl methyl sites for hydroxylation is 2. The minimum absolute atomic E-state index is 0.135. The number of methoxy groups -OCH3 is 2. The van der Waals surface area contributed by atoms with Crippen molar-refractivity contribution in [2.24, 2.45) is 5.92 Å². The Morgan fingerprint density at radius 1 is 1.10 bits per heavy atom. The predicted octanol–water partition coefficient (Wildman–Crippen LogP) is 3.03. The van der Waals surface area contributed by atoms with Crippen LogP contribution in [0.5, 0.6) is 11.5 Å². The van der Waals surface area contributed by atoms with Crippen molar-refractivity contribution in [3.63, 3.8) is 0 Å². The van der Waals surface area contributed by atoms with Gasteiger partial charge in [-0.2, -0.15) is 0 Å². The van der Waals surface area contributed by atoms with Gasteiger partial charge < -0.3 is 19.7 Å². The first kappa shape index (κ1) is 20.7. The van der Waals surface area contributed by atoms with Crippen molar-refractivity contribution in [2.75, 3.05) is 32.2 Å². The zero-order valence-corrected chi connectivity index (χ0v) is 17.5. The molecule has 1 aliphatic rings. The number of benzene rings is 2. The number of nitrogens with one attached hydrogen (secondary N) is 1. The average molecular weight is 396 g/mol. The number of amides is 2.